The van der Waals surface area contributed by atoms with Gasteiger partial charge >= 0.3 is 5.97 Å². The van der Waals surface area contributed by atoms with Crippen molar-refractivity contribution < 1.29 is 53.6 Å². The number of nitro groups is 2. The third-order valence-corrected chi connectivity index (χ3v) is 10.5. The molecular weight excluding hydrogens is 865 g/mol. The lowest BCUT2D eigenvalue weighted by molar-refractivity contribution is -0.393. The number of rotatable bonds is 26. The highest BCUT2D eigenvalue weighted by atomic mass is 16.6. The van der Waals surface area contributed by atoms with Crippen LogP contribution in [0.3, 0.4) is 0 Å². The van der Waals surface area contributed by atoms with Crippen molar-refractivity contribution in [1.82, 2.24) is 37.2 Å². The number of hydrogen-bond acceptors (Lipinski definition) is 14. The van der Waals surface area contributed by atoms with E-state index in [4.69, 9.17) is 0 Å². The van der Waals surface area contributed by atoms with E-state index in [-0.39, 0.29) is 50.2 Å². The van der Waals surface area contributed by atoms with Crippen LogP contribution in [0.5, 0.6) is 0 Å². The second kappa shape index (κ2) is 25.7. The van der Waals surface area contributed by atoms with Crippen LogP contribution >= 0.6 is 0 Å². The lowest BCUT2D eigenvalue weighted by atomic mass is 10.0. The highest BCUT2D eigenvalue weighted by Crippen LogP contribution is 2.29. The van der Waals surface area contributed by atoms with Gasteiger partial charge in [0, 0.05) is 25.5 Å². The van der Waals surface area contributed by atoms with E-state index in [1.165, 1.54) is 13.0 Å². The number of hydrogen-bond donors (Lipinski definition) is 10. The Hall–Kier alpha value is -7.53. The number of nitrogens with zero attached hydrogens (tertiary/aromatic N) is 2. The molecule has 6 atom stereocenters. The molecule has 1 saturated heterocycles. The molecule has 0 unspecified atom stereocenters. The fraction of sp³-hybridized carbons (Fsp3) is 0.419. The predicted molar refractivity (Wildman–Crippen MR) is 236 cm³/mol. The van der Waals surface area contributed by atoms with Gasteiger partial charge in [-0.15, -0.1) is 0 Å². The van der Waals surface area contributed by atoms with Crippen LogP contribution in [-0.2, 0) is 46.4 Å². The number of non-ortho nitro benzene ring substituents is 1. The van der Waals surface area contributed by atoms with Gasteiger partial charge in [0.1, 0.15) is 35.9 Å². The van der Waals surface area contributed by atoms with Crippen LogP contribution in [0.2, 0.25) is 0 Å². The monoisotopic (exact) mass is 918 g/mol. The predicted octanol–water partition coefficient (Wildman–Crippen LogP) is -0.0404. The van der Waals surface area contributed by atoms with Gasteiger partial charge in [0.25, 0.3) is 11.4 Å². The van der Waals surface area contributed by atoms with Crippen molar-refractivity contribution in [1.29, 1.82) is 0 Å². The Balaban J connectivity index is 1.35. The summed E-state index contributed by atoms with van der Waals surface area (Å²) in [7, 11) is 0. The summed E-state index contributed by atoms with van der Waals surface area (Å²) in [6.45, 7) is 0.751. The Labute approximate surface area is 378 Å². The molecule has 354 valence electrons. The van der Waals surface area contributed by atoms with E-state index in [0.717, 1.165) is 18.6 Å². The summed E-state index contributed by atoms with van der Waals surface area (Å²) in [6, 6.07) is 12.8. The number of carboxylic acids is 1. The number of nitro benzene ring substituents is 2. The number of aliphatic carboxylic acids is 1. The maximum Gasteiger partial charge on any atom is 0.326 e. The molecule has 3 aromatic carbocycles. The van der Waals surface area contributed by atoms with E-state index < -0.39 is 106 Å². The van der Waals surface area contributed by atoms with Crippen LogP contribution in [0.4, 0.5) is 17.1 Å². The second-order valence-corrected chi connectivity index (χ2v) is 15.4. The van der Waals surface area contributed by atoms with Gasteiger partial charge in [0.2, 0.25) is 35.4 Å². The first-order valence-corrected chi connectivity index (χ1v) is 21.2. The summed E-state index contributed by atoms with van der Waals surface area (Å²) in [5.74, 6) is -5.98. The average Bonchev–Trinajstić information content (AvgIpc) is 3.85. The van der Waals surface area contributed by atoms with Crippen LogP contribution in [-0.4, -0.2) is 124 Å². The van der Waals surface area contributed by atoms with Crippen LogP contribution in [0.1, 0.15) is 50.2 Å². The molecule has 1 aliphatic heterocycles. The zero-order valence-electron chi connectivity index (χ0n) is 36.0. The number of amides is 6. The number of benzene rings is 3. The summed E-state index contributed by atoms with van der Waals surface area (Å²) < 4.78 is 0. The quantitative estimate of drug-likeness (QED) is 0.0287. The van der Waals surface area contributed by atoms with Crippen molar-refractivity contribution >= 4 is 58.5 Å². The van der Waals surface area contributed by atoms with E-state index >= 15 is 0 Å². The van der Waals surface area contributed by atoms with E-state index in [1.54, 1.807) is 60.7 Å². The van der Waals surface area contributed by atoms with Crippen molar-refractivity contribution in [3.8, 4) is 0 Å². The molecule has 0 aromatic heterocycles. The first-order chi connectivity index (χ1) is 31.6. The maximum absolute atomic E-state index is 13.6. The minimum Gasteiger partial charge on any atom is -0.480 e. The van der Waals surface area contributed by atoms with Crippen molar-refractivity contribution in [2.75, 3.05) is 31.6 Å². The molecule has 0 radical (unpaired) electrons. The van der Waals surface area contributed by atoms with Gasteiger partial charge in [-0.2, -0.15) is 0 Å². The molecule has 0 spiro atoms. The fourth-order valence-corrected chi connectivity index (χ4v) is 6.87. The van der Waals surface area contributed by atoms with Gasteiger partial charge in [0.15, 0.2) is 0 Å². The summed E-state index contributed by atoms with van der Waals surface area (Å²) >= 11 is 0. The molecule has 1 aliphatic rings. The van der Waals surface area contributed by atoms with E-state index in [2.05, 4.69) is 42.5 Å². The van der Waals surface area contributed by atoms with Gasteiger partial charge < -0.3 is 52.7 Å². The number of unbranched alkanes of at least 4 members (excludes halogenated alkanes) is 1. The molecule has 1 heterocycles. The number of carbonyl (C=O) groups excluding carboxylic acids is 6. The highest BCUT2D eigenvalue weighted by molar-refractivity contribution is 5.96. The van der Waals surface area contributed by atoms with E-state index in [9.17, 15) is 64.0 Å². The third-order valence-electron chi connectivity index (χ3n) is 10.5. The standard InChI is InChI=1S/C43H54N10O13/c1-26(47-42(60)35(25-54)51-40(58)33(21-27-11-4-2-5-12-27)48-37(55)24-46-39(57)31-16-10-20-45-31)38(56)50-34(22-28-13-6-3-7-14-28)41(59)49-32(43(61)62)15-8-9-19-44-30-18-17-29(52(63)64)23-36(30)53(65)66/h2-7,11-14,17-18,23,26,31-35,44-45,54H,8-10,15-16,19-22,24-25H2,1H3,(H,46,57)(H,47,60)(H,48,55)(H,49,59)(H,50,56)(H,51,58)(H,61,62)/t26-,31-,32-,33-,34-,35-/m0/s1. The van der Waals surface area contributed by atoms with Crippen LogP contribution in [0.15, 0.2) is 78.9 Å². The molecule has 0 aliphatic carbocycles. The average molecular weight is 919 g/mol. The number of nitrogens with one attached hydrogen (secondary N) is 8. The van der Waals surface area contributed by atoms with Crippen LogP contribution in [0, 0.1) is 20.2 Å². The Bertz CT molecular complexity index is 2190. The van der Waals surface area contributed by atoms with Gasteiger partial charge in [-0.05, 0) is 62.8 Å². The number of carboxylic acid groups (broad SMARTS) is 1. The summed E-state index contributed by atoms with van der Waals surface area (Å²) in [5, 5.41) is 63.3. The molecule has 66 heavy (non-hydrogen) atoms. The van der Waals surface area contributed by atoms with Crippen LogP contribution in [0.25, 0.3) is 0 Å². The zero-order chi connectivity index (χ0) is 48.2. The number of aliphatic hydroxyl groups is 1. The smallest absolute Gasteiger partial charge is 0.326 e. The largest absolute Gasteiger partial charge is 0.480 e. The number of aliphatic hydroxyl groups excluding tert-OH is 1. The molecule has 0 saturated carbocycles. The van der Waals surface area contributed by atoms with E-state index in [1.807, 2.05) is 0 Å². The molecule has 4 rings (SSSR count). The van der Waals surface area contributed by atoms with Crippen molar-refractivity contribution in [2.45, 2.75) is 88.1 Å². The Kier molecular flexibility index (Phi) is 19.9. The fourth-order valence-electron chi connectivity index (χ4n) is 6.87. The first-order valence-electron chi connectivity index (χ1n) is 21.2. The lowest BCUT2D eigenvalue weighted by Crippen LogP contribution is -2.59. The van der Waals surface area contributed by atoms with Crippen molar-refractivity contribution in [3.63, 3.8) is 0 Å². The summed E-state index contributed by atoms with van der Waals surface area (Å²) in [5.41, 5.74) is 0.305. The van der Waals surface area contributed by atoms with Crippen LogP contribution < -0.4 is 42.5 Å². The number of carbonyl (C=O) groups is 7. The minimum absolute atomic E-state index is 0.0169. The topological polar surface area (TPSA) is 342 Å². The molecular formula is C43H54N10O13. The second-order valence-electron chi connectivity index (χ2n) is 15.4. The Morgan fingerprint density at radius 3 is 1.85 bits per heavy atom. The van der Waals surface area contributed by atoms with Crippen molar-refractivity contribution in [2.24, 2.45) is 0 Å². The molecule has 10 N–H and O–H groups in total. The molecule has 23 nitrogen and oxygen atoms in total. The maximum atomic E-state index is 13.6. The Morgan fingerprint density at radius 1 is 0.727 bits per heavy atom. The lowest BCUT2D eigenvalue weighted by Gasteiger charge is -2.25. The minimum atomic E-state index is -1.60. The normalized spacial score (nSPS) is 15.3. The summed E-state index contributed by atoms with van der Waals surface area (Å²) in [6.07, 6.45) is 1.74. The zero-order valence-corrected chi connectivity index (χ0v) is 36.0. The molecule has 3 aromatic rings. The van der Waals surface area contributed by atoms with Gasteiger partial charge in [-0.1, -0.05) is 60.7 Å². The SMILES string of the molecule is C[C@H](NC(=O)[C@H](CO)NC(=O)[C@H](Cc1ccccc1)NC(=O)CNC(=O)[C@@H]1CCCN1)C(=O)N[C@@H](Cc1ccccc1)C(=O)N[C@@H](CCCCNc1ccc([N+](=O)[O-])cc1[N+](=O)[O-])C(=O)O. The van der Waals surface area contributed by atoms with Gasteiger partial charge in [-0.3, -0.25) is 49.0 Å². The van der Waals surface area contributed by atoms with Gasteiger partial charge in [-0.25, -0.2) is 4.79 Å². The third kappa shape index (κ3) is 16.2. The molecule has 6 amide bonds. The van der Waals surface area contributed by atoms with E-state index in [0.29, 0.717) is 24.1 Å². The molecule has 23 heteroatoms. The van der Waals surface area contributed by atoms with Crippen molar-refractivity contribution in [3.05, 3.63) is 110 Å². The summed E-state index contributed by atoms with van der Waals surface area (Å²) in [4.78, 5) is 113. The molecule has 0 bridgehead atoms. The highest BCUT2D eigenvalue weighted by Gasteiger charge is 2.32. The first kappa shape index (κ1) is 51.1. The Morgan fingerprint density at radius 2 is 1.30 bits per heavy atom. The number of anilines is 1. The van der Waals surface area contributed by atoms with Gasteiger partial charge in [0.05, 0.1) is 35.1 Å². The molecule has 1 fully saturated rings.